The van der Waals surface area contributed by atoms with Crippen LogP contribution in [-0.4, -0.2) is 34.2 Å². The molecular formula is C17H22N4O2. The van der Waals surface area contributed by atoms with Crippen LogP contribution in [0.5, 0.6) is 0 Å². The van der Waals surface area contributed by atoms with E-state index in [-0.39, 0.29) is 11.9 Å². The van der Waals surface area contributed by atoms with Gasteiger partial charge in [0, 0.05) is 32.5 Å². The Morgan fingerprint density at radius 1 is 1.39 bits per heavy atom. The number of rotatable bonds is 3. The van der Waals surface area contributed by atoms with Gasteiger partial charge in [-0.2, -0.15) is 4.98 Å². The lowest BCUT2D eigenvalue weighted by Crippen LogP contribution is -2.44. The summed E-state index contributed by atoms with van der Waals surface area (Å²) in [7, 11) is 0. The Morgan fingerprint density at radius 3 is 2.96 bits per heavy atom. The number of urea groups is 1. The van der Waals surface area contributed by atoms with E-state index in [9.17, 15) is 4.79 Å². The second kappa shape index (κ2) is 6.81. The lowest BCUT2D eigenvalue weighted by molar-refractivity contribution is 0.177. The summed E-state index contributed by atoms with van der Waals surface area (Å²) in [6.07, 6.45) is 1.94. The highest BCUT2D eigenvalue weighted by Gasteiger charge is 2.27. The van der Waals surface area contributed by atoms with Crippen LogP contribution in [0.1, 0.15) is 41.6 Å². The van der Waals surface area contributed by atoms with E-state index < -0.39 is 0 Å². The Morgan fingerprint density at radius 2 is 2.22 bits per heavy atom. The number of hydrogen-bond acceptors (Lipinski definition) is 4. The molecule has 0 spiro atoms. The molecule has 1 fully saturated rings. The minimum absolute atomic E-state index is 0.0295. The van der Waals surface area contributed by atoms with E-state index >= 15 is 0 Å². The predicted molar refractivity (Wildman–Crippen MR) is 86.0 cm³/mol. The summed E-state index contributed by atoms with van der Waals surface area (Å²) in [5.74, 6) is 1.44. The molecule has 1 atom stereocenters. The molecule has 0 saturated carbocycles. The summed E-state index contributed by atoms with van der Waals surface area (Å²) in [5, 5.41) is 7.00. The van der Waals surface area contributed by atoms with Gasteiger partial charge in [-0.25, -0.2) is 4.79 Å². The first-order chi connectivity index (χ1) is 11.1. The number of carbonyl (C=O) groups excluding carboxylic acids is 1. The average Bonchev–Trinajstić information content (AvgIpc) is 3.00. The maximum Gasteiger partial charge on any atom is 0.317 e. The van der Waals surface area contributed by atoms with Gasteiger partial charge in [-0.1, -0.05) is 29.4 Å². The van der Waals surface area contributed by atoms with Gasteiger partial charge in [-0.05, 0) is 30.9 Å². The van der Waals surface area contributed by atoms with E-state index in [0.29, 0.717) is 24.8 Å². The van der Waals surface area contributed by atoms with Crippen molar-refractivity contribution in [1.29, 1.82) is 0 Å². The van der Waals surface area contributed by atoms with Crippen LogP contribution in [0.2, 0.25) is 0 Å². The molecule has 6 heteroatoms. The van der Waals surface area contributed by atoms with E-state index in [0.717, 1.165) is 24.9 Å². The van der Waals surface area contributed by atoms with E-state index in [1.165, 1.54) is 5.56 Å². The summed E-state index contributed by atoms with van der Waals surface area (Å²) < 4.78 is 5.05. The molecule has 1 saturated heterocycles. The van der Waals surface area contributed by atoms with Gasteiger partial charge in [-0.15, -0.1) is 0 Å². The third kappa shape index (κ3) is 3.70. The lowest BCUT2D eigenvalue weighted by Gasteiger charge is -2.31. The highest BCUT2D eigenvalue weighted by molar-refractivity contribution is 5.74. The van der Waals surface area contributed by atoms with E-state index in [2.05, 4.69) is 28.4 Å². The zero-order chi connectivity index (χ0) is 16.2. The summed E-state index contributed by atoms with van der Waals surface area (Å²) >= 11 is 0. The Hall–Kier alpha value is -2.37. The predicted octanol–water partition coefficient (Wildman–Crippen LogP) is 2.78. The molecule has 1 aliphatic rings. The van der Waals surface area contributed by atoms with Gasteiger partial charge in [0.15, 0.2) is 5.82 Å². The molecule has 23 heavy (non-hydrogen) atoms. The molecule has 1 aromatic heterocycles. The SMILES string of the molecule is Cc1nc(C2CCCN(C(=O)NCc3ccccc3C)C2)no1. The number of carbonyl (C=O) groups is 1. The Labute approximate surface area is 135 Å². The summed E-state index contributed by atoms with van der Waals surface area (Å²) in [4.78, 5) is 18.6. The lowest BCUT2D eigenvalue weighted by atomic mass is 9.97. The highest BCUT2D eigenvalue weighted by Crippen LogP contribution is 2.24. The van der Waals surface area contributed by atoms with Crippen molar-refractivity contribution in [3.8, 4) is 0 Å². The Balaban J connectivity index is 1.58. The van der Waals surface area contributed by atoms with Crippen LogP contribution in [0.4, 0.5) is 4.79 Å². The topological polar surface area (TPSA) is 71.3 Å². The summed E-state index contributed by atoms with van der Waals surface area (Å²) in [6, 6.07) is 8.05. The van der Waals surface area contributed by atoms with E-state index in [1.807, 2.05) is 23.1 Å². The van der Waals surface area contributed by atoms with Crippen molar-refractivity contribution in [1.82, 2.24) is 20.4 Å². The number of amides is 2. The van der Waals surface area contributed by atoms with Crippen LogP contribution in [0.3, 0.4) is 0 Å². The third-order valence-corrected chi connectivity index (χ3v) is 4.31. The molecule has 3 rings (SSSR count). The van der Waals surface area contributed by atoms with Crippen LogP contribution >= 0.6 is 0 Å². The first-order valence-electron chi connectivity index (χ1n) is 8.01. The minimum atomic E-state index is -0.0295. The highest BCUT2D eigenvalue weighted by atomic mass is 16.5. The number of aromatic nitrogens is 2. The molecule has 1 unspecified atom stereocenters. The maximum absolute atomic E-state index is 12.4. The number of hydrogen-bond donors (Lipinski definition) is 1. The second-order valence-electron chi connectivity index (χ2n) is 6.04. The fraction of sp³-hybridized carbons (Fsp3) is 0.471. The van der Waals surface area contributed by atoms with Gasteiger partial charge in [-0.3, -0.25) is 0 Å². The van der Waals surface area contributed by atoms with Gasteiger partial charge < -0.3 is 14.7 Å². The van der Waals surface area contributed by atoms with Crippen LogP contribution in [-0.2, 0) is 6.54 Å². The number of nitrogens with zero attached hydrogens (tertiary/aromatic N) is 3. The van der Waals surface area contributed by atoms with E-state index in [1.54, 1.807) is 6.92 Å². The molecule has 0 aliphatic carbocycles. The molecule has 2 amide bonds. The van der Waals surface area contributed by atoms with Crippen molar-refractivity contribution in [2.45, 2.75) is 39.2 Å². The fourth-order valence-corrected chi connectivity index (χ4v) is 2.94. The first-order valence-corrected chi connectivity index (χ1v) is 8.01. The number of likely N-dealkylation sites (tertiary alicyclic amines) is 1. The molecule has 0 bridgehead atoms. The van der Waals surface area contributed by atoms with Crippen molar-refractivity contribution in [3.05, 3.63) is 47.1 Å². The normalized spacial score (nSPS) is 18.0. The maximum atomic E-state index is 12.4. The largest absolute Gasteiger partial charge is 0.340 e. The molecule has 1 N–H and O–H groups in total. The molecule has 1 aliphatic heterocycles. The van der Waals surface area contributed by atoms with Gasteiger partial charge in [0.05, 0.1) is 0 Å². The van der Waals surface area contributed by atoms with Crippen molar-refractivity contribution in [2.24, 2.45) is 0 Å². The first kappa shape index (κ1) is 15.5. The molecule has 2 aromatic rings. The summed E-state index contributed by atoms with van der Waals surface area (Å²) in [6.45, 7) is 5.79. The Kier molecular flexibility index (Phi) is 4.60. The van der Waals surface area contributed by atoms with Crippen LogP contribution in [0.25, 0.3) is 0 Å². The molecule has 2 heterocycles. The van der Waals surface area contributed by atoms with Crippen LogP contribution in [0.15, 0.2) is 28.8 Å². The van der Waals surface area contributed by atoms with Crippen molar-refractivity contribution < 1.29 is 9.32 Å². The molecule has 122 valence electrons. The minimum Gasteiger partial charge on any atom is -0.340 e. The Bertz CT molecular complexity index is 683. The van der Waals surface area contributed by atoms with Gasteiger partial charge >= 0.3 is 6.03 Å². The van der Waals surface area contributed by atoms with Crippen LogP contribution in [0, 0.1) is 13.8 Å². The quantitative estimate of drug-likeness (QED) is 0.945. The molecular weight excluding hydrogens is 292 g/mol. The van der Waals surface area contributed by atoms with Crippen LogP contribution < -0.4 is 5.32 Å². The zero-order valence-corrected chi connectivity index (χ0v) is 13.6. The number of aryl methyl sites for hydroxylation is 2. The number of nitrogens with one attached hydrogen (secondary N) is 1. The van der Waals surface area contributed by atoms with Crippen molar-refractivity contribution in [3.63, 3.8) is 0 Å². The van der Waals surface area contributed by atoms with Gasteiger partial charge in [0.1, 0.15) is 0 Å². The fourth-order valence-electron chi connectivity index (χ4n) is 2.94. The zero-order valence-electron chi connectivity index (χ0n) is 13.6. The van der Waals surface area contributed by atoms with Gasteiger partial charge in [0.2, 0.25) is 5.89 Å². The summed E-state index contributed by atoms with van der Waals surface area (Å²) in [5.41, 5.74) is 2.33. The smallest absolute Gasteiger partial charge is 0.317 e. The van der Waals surface area contributed by atoms with Crippen molar-refractivity contribution in [2.75, 3.05) is 13.1 Å². The monoisotopic (exact) mass is 314 g/mol. The second-order valence-corrected chi connectivity index (χ2v) is 6.04. The number of piperidine rings is 1. The third-order valence-electron chi connectivity index (χ3n) is 4.31. The van der Waals surface area contributed by atoms with Crippen molar-refractivity contribution >= 4 is 6.03 Å². The average molecular weight is 314 g/mol. The number of benzene rings is 1. The van der Waals surface area contributed by atoms with E-state index in [4.69, 9.17) is 4.52 Å². The molecule has 1 aromatic carbocycles. The standard InChI is InChI=1S/C17H22N4O2/c1-12-6-3-4-7-14(12)10-18-17(22)21-9-5-8-15(11-21)16-19-13(2)23-20-16/h3-4,6-7,15H,5,8-11H2,1-2H3,(H,18,22). The molecule has 0 radical (unpaired) electrons. The van der Waals surface area contributed by atoms with Gasteiger partial charge in [0.25, 0.3) is 0 Å². The molecule has 6 nitrogen and oxygen atoms in total.